The fourth-order valence-electron chi connectivity index (χ4n) is 2.34. The molecule has 1 aliphatic rings. The summed E-state index contributed by atoms with van der Waals surface area (Å²) in [4.78, 5) is 14.0. The van der Waals surface area contributed by atoms with Gasteiger partial charge in [-0.15, -0.1) is 12.4 Å². The summed E-state index contributed by atoms with van der Waals surface area (Å²) in [6.45, 7) is -1.16. The van der Waals surface area contributed by atoms with Crippen LogP contribution >= 0.6 is 12.4 Å². The third kappa shape index (κ3) is 4.82. The number of hydrogen-bond donors (Lipinski definition) is 1. The average molecular weight is 321 g/mol. The van der Waals surface area contributed by atoms with Crippen LogP contribution in [-0.2, 0) is 0 Å². The van der Waals surface area contributed by atoms with E-state index in [9.17, 15) is 13.6 Å². The van der Waals surface area contributed by atoms with Crippen molar-refractivity contribution in [2.24, 2.45) is 0 Å². The van der Waals surface area contributed by atoms with E-state index < -0.39 is 6.61 Å². The summed E-state index contributed by atoms with van der Waals surface area (Å²) >= 11 is 0. The molecular formula is C14H19ClF2N2O2. The molecule has 2 rings (SSSR count). The summed E-state index contributed by atoms with van der Waals surface area (Å²) in [5, 5.41) is 3.24. The van der Waals surface area contributed by atoms with Gasteiger partial charge in [-0.25, -0.2) is 0 Å². The Bertz CT molecular complexity index is 468. The van der Waals surface area contributed by atoms with E-state index in [0.29, 0.717) is 5.56 Å². The highest BCUT2D eigenvalue weighted by molar-refractivity contribution is 5.94. The van der Waals surface area contributed by atoms with Crippen LogP contribution in [-0.4, -0.2) is 43.6 Å². The van der Waals surface area contributed by atoms with Crippen molar-refractivity contribution >= 4 is 18.3 Å². The summed E-state index contributed by atoms with van der Waals surface area (Å²) in [6, 6.07) is 6.04. The number of carbonyl (C=O) groups excluding carboxylic acids is 1. The molecule has 4 nitrogen and oxygen atoms in total. The Kier molecular flexibility index (Phi) is 6.84. The van der Waals surface area contributed by atoms with Crippen molar-refractivity contribution in [2.45, 2.75) is 25.5 Å². The lowest BCUT2D eigenvalue weighted by Gasteiger charge is -2.31. The van der Waals surface area contributed by atoms with Crippen molar-refractivity contribution in [1.82, 2.24) is 10.2 Å². The number of halogens is 3. The highest BCUT2D eigenvalue weighted by Gasteiger charge is 2.23. The quantitative estimate of drug-likeness (QED) is 0.927. The van der Waals surface area contributed by atoms with E-state index >= 15 is 0 Å². The van der Waals surface area contributed by atoms with Crippen molar-refractivity contribution in [3.05, 3.63) is 29.8 Å². The predicted molar refractivity (Wildman–Crippen MR) is 78.3 cm³/mol. The largest absolute Gasteiger partial charge is 0.435 e. The van der Waals surface area contributed by atoms with Crippen LogP contribution in [0.5, 0.6) is 5.75 Å². The molecule has 1 fully saturated rings. The van der Waals surface area contributed by atoms with Gasteiger partial charge in [-0.2, -0.15) is 8.78 Å². The first-order valence-electron chi connectivity index (χ1n) is 6.60. The number of piperidine rings is 1. The minimum absolute atomic E-state index is 0. The lowest BCUT2D eigenvalue weighted by atomic mass is 10.1. The van der Waals surface area contributed by atoms with Gasteiger partial charge in [0.05, 0.1) is 0 Å². The number of rotatable bonds is 4. The minimum atomic E-state index is -2.89. The zero-order valence-corrected chi connectivity index (χ0v) is 12.5. The smallest absolute Gasteiger partial charge is 0.387 e. The van der Waals surface area contributed by atoms with E-state index in [1.807, 2.05) is 0 Å². The molecule has 1 N–H and O–H groups in total. The molecule has 118 valence electrons. The first kappa shape index (κ1) is 17.7. The molecule has 1 aliphatic heterocycles. The molecule has 0 unspecified atom stereocenters. The molecule has 1 atom stereocenters. The number of nitrogens with one attached hydrogen (secondary N) is 1. The van der Waals surface area contributed by atoms with Gasteiger partial charge >= 0.3 is 6.61 Å². The number of benzene rings is 1. The Hall–Kier alpha value is -1.40. The SMILES string of the molecule is CN(C(=O)c1cccc(OC(F)F)c1)[C@H]1CCCNC1.Cl. The number of hydrogen-bond acceptors (Lipinski definition) is 3. The summed E-state index contributed by atoms with van der Waals surface area (Å²) < 4.78 is 28.7. The number of ether oxygens (including phenoxy) is 1. The minimum Gasteiger partial charge on any atom is -0.435 e. The predicted octanol–water partition coefficient (Wildman–Crippen LogP) is 2.53. The standard InChI is InChI=1S/C14H18F2N2O2.ClH/c1-18(11-5-3-7-17-9-11)13(19)10-4-2-6-12(8-10)20-14(15)16;/h2,4,6,8,11,14,17H,3,5,7,9H2,1H3;1H/t11-;/m0./s1. The highest BCUT2D eigenvalue weighted by Crippen LogP contribution is 2.18. The molecule has 0 aromatic heterocycles. The van der Waals surface area contributed by atoms with E-state index in [2.05, 4.69) is 10.1 Å². The van der Waals surface area contributed by atoms with Gasteiger partial charge in [0.25, 0.3) is 5.91 Å². The maximum Gasteiger partial charge on any atom is 0.387 e. The molecule has 1 aromatic rings. The molecule has 1 aromatic carbocycles. The van der Waals surface area contributed by atoms with Crippen molar-refractivity contribution in [3.8, 4) is 5.75 Å². The van der Waals surface area contributed by atoms with Crippen molar-refractivity contribution in [3.63, 3.8) is 0 Å². The molecule has 0 spiro atoms. The number of nitrogens with zero attached hydrogens (tertiary/aromatic N) is 1. The van der Waals surface area contributed by atoms with Crippen molar-refractivity contribution in [1.29, 1.82) is 0 Å². The zero-order chi connectivity index (χ0) is 14.5. The number of alkyl halides is 2. The monoisotopic (exact) mass is 320 g/mol. The number of amides is 1. The van der Waals surface area contributed by atoms with Crippen LogP contribution in [0.2, 0.25) is 0 Å². The van der Waals surface area contributed by atoms with Crippen LogP contribution in [0.25, 0.3) is 0 Å². The van der Waals surface area contributed by atoms with E-state index in [1.54, 1.807) is 18.0 Å². The normalized spacial score (nSPS) is 18.0. The van der Waals surface area contributed by atoms with Crippen LogP contribution < -0.4 is 10.1 Å². The van der Waals surface area contributed by atoms with Crippen LogP contribution in [0.15, 0.2) is 24.3 Å². The number of carbonyl (C=O) groups is 1. The molecule has 1 amide bonds. The molecule has 0 aliphatic carbocycles. The Balaban J connectivity index is 0.00000220. The molecule has 0 radical (unpaired) electrons. The van der Waals surface area contributed by atoms with Gasteiger partial charge in [-0.1, -0.05) is 6.07 Å². The second-order valence-electron chi connectivity index (χ2n) is 4.82. The van der Waals surface area contributed by atoms with Gasteiger partial charge in [-0.3, -0.25) is 4.79 Å². The van der Waals surface area contributed by atoms with E-state index in [4.69, 9.17) is 0 Å². The fraction of sp³-hybridized carbons (Fsp3) is 0.500. The second-order valence-corrected chi connectivity index (χ2v) is 4.82. The van der Waals surface area contributed by atoms with Gasteiger partial charge in [0.15, 0.2) is 0 Å². The van der Waals surface area contributed by atoms with Gasteiger partial charge in [0.2, 0.25) is 0 Å². The van der Waals surface area contributed by atoms with Gasteiger partial charge in [0, 0.05) is 25.2 Å². The average Bonchev–Trinajstić information content (AvgIpc) is 2.46. The first-order valence-corrected chi connectivity index (χ1v) is 6.60. The maximum absolute atomic E-state index is 12.3. The fourth-order valence-corrected chi connectivity index (χ4v) is 2.34. The molecule has 7 heteroatoms. The topological polar surface area (TPSA) is 41.6 Å². The molecule has 1 saturated heterocycles. The lowest BCUT2D eigenvalue weighted by Crippen LogP contribution is -2.46. The molecular weight excluding hydrogens is 302 g/mol. The van der Waals surface area contributed by atoms with Gasteiger partial charge < -0.3 is 15.0 Å². The second kappa shape index (κ2) is 8.14. The lowest BCUT2D eigenvalue weighted by molar-refractivity contribution is -0.0499. The summed E-state index contributed by atoms with van der Waals surface area (Å²) in [6.07, 6.45) is 1.97. The Morgan fingerprint density at radius 2 is 2.24 bits per heavy atom. The highest BCUT2D eigenvalue weighted by atomic mass is 35.5. The van der Waals surface area contributed by atoms with E-state index in [-0.39, 0.29) is 30.1 Å². The molecule has 0 bridgehead atoms. The molecule has 0 saturated carbocycles. The van der Waals surface area contributed by atoms with Gasteiger partial charge in [-0.05, 0) is 37.6 Å². The van der Waals surface area contributed by atoms with E-state index in [0.717, 1.165) is 25.9 Å². The summed E-state index contributed by atoms with van der Waals surface area (Å²) in [5.41, 5.74) is 0.358. The molecule has 21 heavy (non-hydrogen) atoms. The molecule has 1 heterocycles. The van der Waals surface area contributed by atoms with Crippen molar-refractivity contribution < 1.29 is 18.3 Å². The third-order valence-electron chi connectivity index (χ3n) is 3.45. The van der Waals surface area contributed by atoms with Crippen LogP contribution in [0.1, 0.15) is 23.2 Å². The summed E-state index contributed by atoms with van der Waals surface area (Å²) in [5.74, 6) is -0.181. The summed E-state index contributed by atoms with van der Waals surface area (Å²) in [7, 11) is 1.74. The Morgan fingerprint density at radius 1 is 1.48 bits per heavy atom. The third-order valence-corrected chi connectivity index (χ3v) is 3.45. The van der Waals surface area contributed by atoms with Crippen LogP contribution in [0, 0.1) is 0 Å². The van der Waals surface area contributed by atoms with Crippen LogP contribution in [0.4, 0.5) is 8.78 Å². The van der Waals surface area contributed by atoms with Crippen molar-refractivity contribution in [2.75, 3.05) is 20.1 Å². The zero-order valence-electron chi connectivity index (χ0n) is 11.7. The Morgan fingerprint density at radius 3 is 2.86 bits per heavy atom. The Labute approximate surface area is 128 Å². The van der Waals surface area contributed by atoms with E-state index in [1.165, 1.54) is 18.2 Å². The van der Waals surface area contributed by atoms with Gasteiger partial charge in [0.1, 0.15) is 5.75 Å². The first-order chi connectivity index (χ1) is 9.58. The van der Waals surface area contributed by atoms with Crippen LogP contribution in [0.3, 0.4) is 0 Å². The number of likely N-dealkylation sites (N-methyl/N-ethyl adjacent to an activating group) is 1. The maximum atomic E-state index is 12.3.